The Labute approximate surface area is 226 Å². The molecule has 5 rings (SSSR count). The highest BCUT2D eigenvalue weighted by Gasteiger charge is 2.28. The number of fused-ring (bicyclic) bond motifs is 1. The molecule has 4 aromatic rings. The molecule has 1 unspecified atom stereocenters. The van der Waals surface area contributed by atoms with Crippen LogP contribution in [-0.4, -0.2) is 68.6 Å². The molecule has 1 aliphatic rings. The Bertz CT molecular complexity index is 1530. The Morgan fingerprint density at radius 1 is 1.18 bits per heavy atom. The number of ether oxygens (including phenoxy) is 1. The zero-order chi connectivity index (χ0) is 27.5. The Kier molecular flexibility index (Phi) is 7.27. The van der Waals surface area contributed by atoms with Crippen molar-refractivity contribution in [1.82, 2.24) is 29.5 Å². The minimum absolute atomic E-state index is 0.0397. The first-order chi connectivity index (χ1) is 18.9. The number of hydrogen-bond acceptors (Lipinski definition) is 7. The molecule has 1 atom stereocenters. The molecule has 200 valence electrons. The number of carbonyl (C=O) groups excluding carboxylic acids is 2. The number of hydrogen-bond donors (Lipinski definition) is 1. The zero-order valence-electron chi connectivity index (χ0n) is 22.1. The van der Waals surface area contributed by atoms with E-state index in [-0.39, 0.29) is 17.9 Å². The van der Waals surface area contributed by atoms with Crippen LogP contribution >= 0.6 is 0 Å². The van der Waals surface area contributed by atoms with E-state index >= 15 is 0 Å². The summed E-state index contributed by atoms with van der Waals surface area (Å²) in [5.41, 5.74) is 9.96. The van der Waals surface area contributed by atoms with Crippen LogP contribution in [0.15, 0.2) is 67.5 Å². The van der Waals surface area contributed by atoms with Gasteiger partial charge < -0.3 is 20.3 Å². The molecule has 2 amide bonds. The van der Waals surface area contributed by atoms with E-state index in [1.165, 1.54) is 12.4 Å². The topological polar surface area (TPSA) is 119 Å². The molecule has 39 heavy (non-hydrogen) atoms. The molecule has 2 aromatic heterocycles. The predicted molar refractivity (Wildman–Crippen MR) is 149 cm³/mol. The second-order valence-electron chi connectivity index (χ2n) is 9.59. The average molecular weight is 526 g/mol. The molecule has 0 aliphatic carbocycles. The first-order valence-electron chi connectivity index (χ1n) is 12.8. The lowest BCUT2D eigenvalue weighted by Crippen LogP contribution is -2.40. The van der Waals surface area contributed by atoms with Gasteiger partial charge in [0, 0.05) is 32.2 Å². The number of rotatable bonds is 7. The first-order valence-corrected chi connectivity index (χ1v) is 12.8. The van der Waals surface area contributed by atoms with Gasteiger partial charge in [-0.3, -0.25) is 9.59 Å². The van der Waals surface area contributed by atoms with Gasteiger partial charge in [0.25, 0.3) is 5.91 Å². The highest BCUT2D eigenvalue weighted by Crippen LogP contribution is 2.34. The van der Waals surface area contributed by atoms with Gasteiger partial charge >= 0.3 is 0 Å². The van der Waals surface area contributed by atoms with E-state index in [9.17, 15) is 9.59 Å². The number of amides is 2. The molecule has 3 heterocycles. The molecule has 2 N–H and O–H groups in total. The van der Waals surface area contributed by atoms with Crippen molar-refractivity contribution >= 4 is 28.7 Å². The highest BCUT2D eigenvalue weighted by molar-refractivity contribution is 5.98. The van der Waals surface area contributed by atoms with Crippen molar-refractivity contribution in [2.24, 2.45) is 0 Å². The van der Waals surface area contributed by atoms with Crippen LogP contribution < -0.4 is 10.5 Å². The summed E-state index contributed by atoms with van der Waals surface area (Å²) in [5, 5.41) is 5.61. The number of para-hydroxylation sites is 1. The molecule has 1 fully saturated rings. The first kappa shape index (κ1) is 25.9. The fourth-order valence-corrected chi connectivity index (χ4v) is 5.08. The van der Waals surface area contributed by atoms with E-state index in [2.05, 4.69) is 16.5 Å². The quantitative estimate of drug-likeness (QED) is 0.365. The van der Waals surface area contributed by atoms with Gasteiger partial charge in [-0.2, -0.15) is 5.10 Å². The van der Waals surface area contributed by atoms with Crippen LogP contribution in [0.4, 0.5) is 5.82 Å². The second kappa shape index (κ2) is 10.9. The van der Waals surface area contributed by atoms with E-state index in [0.717, 1.165) is 24.0 Å². The molecule has 0 radical (unpaired) electrons. The maximum atomic E-state index is 13.0. The number of likely N-dealkylation sites (tertiary alicyclic amines) is 1. The maximum absolute atomic E-state index is 13.0. The minimum atomic E-state index is -0.123. The normalized spacial score (nSPS) is 15.2. The van der Waals surface area contributed by atoms with E-state index in [1.807, 2.05) is 41.1 Å². The van der Waals surface area contributed by atoms with Crippen molar-refractivity contribution in [3.05, 3.63) is 78.6 Å². The molecule has 0 bridgehead atoms. The molecule has 2 aromatic carbocycles. The zero-order valence-corrected chi connectivity index (χ0v) is 22.1. The second-order valence-corrected chi connectivity index (χ2v) is 9.59. The number of nitrogens with zero attached hydrogens (tertiary/aromatic N) is 6. The molecule has 0 saturated carbocycles. The Balaban J connectivity index is 1.41. The van der Waals surface area contributed by atoms with Crippen molar-refractivity contribution in [2.45, 2.75) is 25.4 Å². The maximum Gasteiger partial charge on any atom is 0.257 e. The number of carbonyl (C=O) groups is 2. The lowest BCUT2D eigenvalue weighted by molar-refractivity contribution is -0.127. The van der Waals surface area contributed by atoms with Gasteiger partial charge in [-0.1, -0.05) is 43.0 Å². The van der Waals surface area contributed by atoms with Crippen LogP contribution in [0.2, 0.25) is 0 Å². The molecule has 1 saturated heterocycles. The monoisotopic (exact) mass is 525 g/mol. The fourth-order valence-electron chi connectivity index (χ4n) is 5.08. The van der Waals surface area contributed by atoms with Gasteiger partial charge in [-0.15, -0.1) is 0 Å². The molecule has 10 heteroatoms. The third kappa shape index (κ3) is 5.05. The largest absolute Gasteiger partial charge is 0.496 e. The van der Waals surface area contributed by atoms with Crippen molar-refractivity contribution in [3.8, 4) is 17.0 Å². The van der Waals surface area contributed by atoms with Gasteiger partial charge in [0.05, 0.1) is 24.1 Å². The summed E-state index contributed by atoms with van der Waals surface area (Å²) in [4.78, 5) is 37.4. The number of nitrogens with two attached hydrogens (primary N) is 1. The van der Waals surface area contributed by atoms with Crippen LogP contribution in [0.3, 0.4) is 0 Å². The third-order valence-electron chi connectivity index (χ3n) is 7.08. The molecular formula is C29H31N7O3. The van der Waals surface area contributed by atoms with Crippen molar-refractivity contribution in [2.75, 3.05) is 33.0 Å². The number of methoxy groups -OCH3 is 1. The Hall–Kier alpha value is -4.73. The minimum Gasteiger partial charge on any atom is -0.496 e. The summed E-state index contributed by atoms with van der Waals surface area (Å²) < 4.78 is 7.22. The summed E-state index contributed by atoms with van der Waals surface area (Å²) in [5.74, 6) is 0.683. The predicted octanol–water partition coefficient (Wildman–Crippen LogP) is 3.71. The van der Waals surface area contributed by atoms with Crippen LogP contribution in [0.25, 0.3) is 22.3 Å². The number of piperidine rings is 1. The standard InChI is InChI=1S/C29H31N7O3/c1-4-24(37)35-15-7-8-21(17-35)36-28-25(27(30)31-18-32-28)26(33-36)20-13-11-19(12-14-20)16-34(2)29(38)22-9-5-6-10-23(22)39-3/h4-6,9-14,18,21H,1,7-8,15-17H2,2-3H3,(H2,30,31,32). The van der Waals surface area contributed by atoms with E-state index in [1.54, 1.807) is 36.1 Å². The third-order valence-corrected chi connectivity index (χ3v) is 7.08. The lowest BCUT2D eigenvalue weighted by Gasteiger charge is -2.32. The molecule has 0 spiro atoms. The highest BCUT2D eigenvalue weighted by atomic mass is 16.5. The van der Waals surface area contributed by atoms with Crippen LogP contribution in [0.1, 0.15) is 34.8 Å². The number of nitrogen functional groups attached to an aromatic ring is 1. The molecule has 1 aliphatic heterocycles. The summed E-state index contributed by atoms with van der Waals surface area (Å²) in [6.45, 7) is 5.26. The van der Waals surface area contributed by atoms with Crippen molar-refractivity contribution in [1.29, 1.82) is 0 Å². The Morgan fingerprint density at radius 3 is 2.69 bits per heavy atom. The lowest BCUT2D eigenvalue weighted by atomic mass is 10.1. The number of benzene rings is 2. The van der Waals surface area contributed by atoms with Crippen LogP contribution in [0.5, 0.6) is 5.75 Å². The summed E-state index contributed by atoms with van der Waals surface area (Å²) >= 11 is 0. The molecular weight excluding hydrogens is 494 g/mol. The van der Waals surface area contributed by atoms with Crippen LogP contribution in [0, 0.1) is 0 Å². The Morgan fingerprint density at radius 2 is 1.95 bits per heavy atom. The number of anilines is 1. The summed E-state index contributed by atoms with van der Waals surface area (Å²) in [7, 11) is 3.32. The van der Waals surface area contributed by atoms with Gasteiger partial charge in [0.2, 0.25) is 5.91 Å². The SMILES string of the molecule is C=CC(=O)N1CCCC(n2nc(-c3ccc(CN(C)C(=O)c4ccccc4OC)cc3)c3c(N)ncnc32)C1. The molecule has 10 nitrogen and oxygen atoms in total. The van der Waals surface area contributed by atoms with Gasteiger partial charge in [-0.25, -0.2) is 14.6 Å². The summed E-state index contributed by atoms with van der Waals surface area (Å²) in [6.07, 6.45) is 4.51. The number of aromatic nitrogens is 4. The van der Waals surface area contributed by atoms with E-state index < -0.39 is 0 Å². The van der Waals surface area contributed by atoms with Gasteiger partial charge in [0.1, 0.15) is 23.6 Å². The van der Waals surface area contributed by atoms with Crippen LogP contribution in [-0.2, 0) is 11.3 Å². The fraction of sp³-hybridized carbons (Fsp3) is 0.276. The van der Waals surface area contributed by atoms with Gasteiger partial charge in [0.15, 0.2) is 5.65 Å². The van der Waals surface area contributed by atoms with E-state index in [0.29, 0.717) is 53.5 Å². The van der Waals surface area contributed by atoms with E-state index in [4.69, 9.17) is 15.6 Å². The van der Waals surface area contributed by atoms with Crippen molar-refractivity contribution in [3.63, 3.8) is 0 Å². The van der Waals surface area contributed by atoms with Crippen molar-refractivity contribution < 1.29 is 14.3 Å². The summed E-state index contributed by atoms with van der Waals surface area (Å²) in [6, 6.07) is 15.0. The van der Waals surface area contributed by atoms with Gasteiger partial charge in [-0.05, 0) is 36.6 Å². The average Bonchev–Trinajstić information content (AvgIpc) is 3.37. The smallest absolute Gasteiger partial charge is 0.257 e.